The lowest BCUT2D eigenvalue weighted by Crippen LogP contribution is -2.42. The Morgan fingerprint density at radius 3 is 3.23 bits per heavy atom. The number of H-pyrrole nitrogens is 1. The van der Waals surface area contributed by atoms with Gasteiger partial charge < -0.3 is 9.73 Å². The first-order valence-electron chi connectivity index (χ1n) is 7.77. The molecule has 2 aromatic heterocycles. The van der Waals surface area contributed by atoms with E-state index in [4.69, 9.17) is 4.42 Å². The second-order valence-corrected chi connectivity index (χ2v) is 5.89. The van der Waals surface area contributed by atoms with Crippen molar-refractivity contribution >= 4 is 5.91 Å². The van der Waals surface area contributed by atoms with Crippen molar-refractivity contribution < 1.29 is 9.21 Å². The first-order valence-corrected chi connectivity index (χ1v) is 7.77. The molecule has 1 aliphatic heterocycles. The first kappa shape index (κ1) is 14.8. The van der Waals surface area contributed by atoms with Crippen LogP contribution in [0.3, 0.4) is 0 Å². The summed E-state index contributed by atoms with van der Waals surface area (Å²) >= 11 is 0. The third-order valence-electron chi connectivity index (χ3n) is 4.18. The van der Waals surface area contributed by atoms with Gasteiger partial charge in [-0.05, 0) is 44.5 Å². The normalized spacial score (nSPS) is 20.7. The van der Waals surface area contributed by atoms with E-state index in [1.54, 1.807) is 12.5 Å². The van der Waals surface area contributed by atoms with Crippen LogP contribution in [0.5, 0.6) is 0 Å². The number of amides is 1. The van der Waals surface area contributed by atoms with Crippen LogP contribution in [-0.4, -0.2) is 40.6 Å². The summed E-state index contributed by atoms with van der Waals surface area (Å²) in [4.78, 5) is 14.4. The van der Waals surface area contributed by atoms with Crippen LogP contribution in [-0.2, 0) is 4.79 Å². The van der Waals surface area contributed by atoms with Crippen LogP contribution in [0.4, 0.5) is 0 Å². The molecule has 1 saturated heterocycles. The second kappa shape index (κ2) is 6.79. The average molecular weight is 302 g/mol. The van der Waals surface area contributed by atoms with Crippen LogP contribution in [0.15, 0.2) is 35.1 Å². The predicted molar refractivity (Wildman–Crippen MR) is 82.3 cm³/mol. The minimum absolute atomic E-state index is 0.0363. The summed E-state index contributed by atoms with van der Waals surface area (Å²) in [5.41, 5.74) is 1.16. The van der Waals surface area contributed by atoms with Crippen molar-refractivity contribution in [2.75, 3.05) is 19.6 Å². The topological polar surface area (TPSA) is 74.2 Å². The fourth-order valence-corrected chi connectivity index (χ4v) is 3.05. The molecule has 0 aromatic carbocycles. The summed E-state index contributed by atoms with van der Waals surface area (Å²) in [7, 11) is 0. The lowest BCUT2D eigenvalue weighted by molar-refractivity contribution is -0.123. The van der Waals surface area contributed by atoms with E-state index >= 15 is 0 Å². The molecule has 2 unspecified atom stereocenters. The summed E-state index contributed by atoms with van der Waals surface area (Å²) in [5, 5.41) is 10.0. The average Bonchev–Trinajstić information content (AvgIpc) is 3.21. The molecule has 118 valence electrons. The zero-order valence-electron chi connectivity index (χ0n) is 12.8. The summed E-state index contributed by atoms with van der Waals surface area (Å²) in [6, 6.07) is 5.63. The van der Waals surface area contributed by atoms with Gasteiger partial charge in [0.1, 0.15) is 5.76 Å². The van der Waals surface area contributed by atoms with Crippen LogP contribution in [0.25, 0.3) is 0 Å². The molecule has 0 radical (unpaired) electrons. The Hall–Kier alpha value is -2.08. The molecule has 0 saturated carbocycles. The molecular formula is C16H22N4O2. The molecule has 1 fully saturated rings. The zero-order valence-corrected chi connectivity index (χ0v) is 12.8. The van der Waals surface area contributed by atoms with E-state index in [0.29, 0.717) is 12.5 Å². The number of hydrogen-bond donors (Lipinski definition) is 2. The number of carbonyl (C=O) groups is 1. The fraction of sp³-hybridized carbons (Fsp3) is 0.500. The number of carbonyl (C=O) groups excluding carboxylic acids is 1. The number of nitrogens with one attached hydrogen (secondary N) is 2. The molecule has 0 aliphatic carbocycles. The summed E-state index contributed by atoms with van der Waals surface area (Å²) in [6.45, 7) is 4.22. The van der Waals surface area contributed by atoms with Gasteiger partial charge in [0, 0.05) is 24.4 Å². The molecule has 3 heterocycles. The molecule has 3 rings (SSSR count). The molecular weight excluding hydrogens is 280 g/mol. The number of hydrogen-bond acceptors (Lipinski definition) is 4. The molecule has 6 heteroatoms. The van der Waals surface area contributed by atoms with Gasteiger partial charge in [0.15, 0.2) is 0 Å². The van der Waals surface area contributed by atoms with Crippen molar-refractivity contribution in [3.05, 3.63) is 42.1 Å². The van der Waals surface area contributed by atoms with E-state index in [-0.39, 0.29) is 11.9 Å². The standard InChI is InChI=1S/C16H22N4O2/c1-12(15-5-3-9-22-15)18-16(21)11-20-8-2-4-13(10-20)14-6-7-17-19-14/h3,5-7,9,12-13H,2,4,8,10-11H2,1H3,(H,17,19)(H,18,21). The highest BCUT2D eigenvalue weighted by Gasteiger charge is 2.24. The molecule has 0 bridgehead atoms. The Kier molecular flexibility index (Phi) is 4.58. The summed E-state index contributed by atoms with van der Waals surface area (Å²) < 4.78 is 5.31. The zero-order chi connectivity index (χ0) is 15.4. The minimum atomic E-state index is -0.101. The third kappa shape index (κ3) is 3.57. The van der Waals surface area contributed by atoms with Gasteiger partial charge in [0.05, 0.1) is 18.8 Å². The Labute approximate surface area is 129 Å². The van der Waals surface area contributed by atoms with Crippen molar-refractivity contribution in [2.45, 2.75) is 31.7 Å². The van der Waals surface area contributed by atoms with Crippen molar-refractivity contribution in [3.8, 4) is 0 Å². The molecule has 1 aliphatic rings. The highest BCUT2D eigenvalue weighted by molar-refractivity contribution is 5.78. The first-order chi connectivity index (χ1) is 10.7. The monoisotopic (exact) mass is 302 g/mol. The van der Waals surface area contributed by atoms with Gasteiger partial charge in [0.2, 0.25) is 5.91 Å². The summed E-state index contributed by atoms with van der Waals surface area (Å²) in [5.74, 6) is 1.25. The predicted octanol–water partition coefficient (Wildman–Crippen LogP) is 2.06. The lowest BCUT2D eigenvalue weighted by Gasteiger charge is -2.31. The van der Waals surface area contributed by atoms with Gasteiger partial charge in [-0.15, -0.1) is 0 Å². The maximum atomic E-state index is 12.2. The quantitative estimate of drug-likeness (QED) is 0.886. The third-order valence-corrected chi connectivity index (χ3v) is 4.18. The lowest BCUT2D eigenvalue weighted by atomic mass is 9.95. The van der Waals surface area contributed by atoms with Gasteiger partial charge in [-0.2, -0.15) is 5.10 Å². The number of nitrogens with zero attached hydrogens (tertiary/aromatic N) is 2. The number of aromatic amines is 1. The fourth-order valence-electron chi connectivity index (χ4n) is 3.05. The van der Waals surface area contributed by atoms with Crippen LogP contribution < -0.4 is 5.32 Å². The van der Waals surface area contributed by atoms with Crippen molar-refractivity contribution in [1.82, 2.24) is 20.4 Å². The van der Waals surface area contributed by atoms with E-state index in [2.05, 4.69) is 20.4 Å². The number of furan rings is 1. The van der Waals surface area contributed by atoms with E-state index in [9.17, 15) is 4.79 Å². The largest absolute Gasteiger partial charge is 0.467 e. The molecule has 0 spiro atoms. The molecule has 2 atom stereocenters. The maximum Gasteiger partial charge on any atom is 0.234 e. The number of rotatable bonds is 5. The Morgan fingerprint density at radius 2 is 2.50 bits per heavy atom. The van der Waals surface area contributed by atoms with Gasteiger partial charge in [-0.3, -0.25) is 14.8 Å². The molecule has 6 nitrogen and oxygen atoms in total. The minimum Gasteiger partial charge on any atom is -0.467 e. The van der Waals surface area contributed by atoms with E-state index in [1.165, 1.54) is 0 Å². The van der Waals surface area contributed by atoms with Crippen molar-refractivity contribution in [1.29, 1.82) is 0 Å². The number of piperidine rings is 1. The van der Waals surface area contributed by atoms with Crippen molar-refractivity contribution in [3.63, 3.8) is 0 Å². The van der Waals surface area contributed by atoms with Crippen LogP contribution in [0.2, 0.25) is 0 Å². The highest BCUT2D eigenvalue weighted by Crippen LogP contribution is 2.25. The molecule has 2 N–H and O–H groups in total. The second-order valence-electron chi connectivity index (χ2n) is 5.89. The molecule has 2 aromatic rings. The molecule has 1 amide bonds. The smallest absolute Gasteiger partial charge is 0.234 e. The molecule has 22 heavy (non-hydrogen) atoms. The number of likely N-dealkylation sites (tertiary alicyclic amines) is 1. The van der Waals surface area contributed by atoms with Gasteiger partial charge in [-0.25, -0.2) is 0 Å². The highest BCUT2D eigenvalue weighted by atomic mass is 16.3. The van der Waals surface area contributed by atoms with E-state index in [1.807, 2.05) is 25.1 Å². The van der Waals surface area contributed by atoms with Gasteiger partial charge in [-0.1, -0.05) is 0 Å². The van der Waals surface area contributed by atoms with Crippen molar-refractivity contribution in [2.24, 2.45) is 0 Å². The van der Waals surface area contributed by atoms with E-state index < -0.39 is 0 Å². The number of aromatic nitrogens is 2. The maximum absolute atomic E-state index is 12.2. The SMILES string of the molecule is CC(NC(=O)CN1CCCC(c2ccn[nH]2)C1)c1ccco1. The summed E-state index contributed by atoms with van der Waals surface area (Å²) in [6.07, 6.45) is 5.65. The van der Waals surface area contributed by atoms with Crippen LogP contribution in [0.1, 0.15) is 43.2 Å². The van der Waals surface area contributed by atoms with Gasteiger partial charge >= 0.3 is 0 Å². The van der Waals surface area contributed by atoms with E-state index in [0.717, 1.165) is 37.4 Å². The van der Waals surface area contributed by atoms with Gasteiger partial charge in [0.25, 0.3) is 0 Å². The Bertz CT molecular complexity index is 579. The van der Waals surface area contributed by atoms with Crippen LogP contribution in [0, 0.1) is 0 Å². The van der Waals surface area contributed by atoms with Crippen LogP contribution >= 0.6 is 0 Å². The Balaban J connectivity index is 1.51. The Morgan fingerprint density at radius 1 is 1.59 bits per heavy atom.